The van der Waals surface area contributed by atoms with E-state index in [9.17, 15) is 9.59 Å². The maximum absolute atomic E-state index is 13.6. The lowest BCUT2D eigenvalue weighted by Gasteiger charge is -2.31. The summed E-state index contributed by atoms with van der Waals surface area (Å²) in [4.78, 5) is 28.2. The van der Waals surface area contributed by atoms with E-state index in [4.69, 9.17) is 23.2 Å². The fourth-order valence-electron chi connectivity index (χ4n) is 4.02. The summed E-state index contributed by atoms with van der Waals surface area (Å²) in [6.07, 6.45) is 1.31. The molecule has 35 heavy (non-hydrogen) atoms. The second-order valence-corrected chi connectivity index (χ2v) is 9.80. The minimum absolute atomic E-state index is 0.0893. The van der Waals surface area contributed by atoms with Gasteiger partial charge in [0.2, 0.25) is 11.8 Å². The Kier molecular flexibility index (Phi) is 9.76. The van der Waals surface area contributed by atoms with Crippen LogP contribution in [0.3, 0.4) is 0 Å². The number of carbonyl (C=O) groups excluding carboxylic acids is 2. The molecule has 0 saturated carbocycles. The molecule has 3 aromatic rings. The second kappa shape index (κ2) is 12.8. The fourth-order valence-corrected chi connectivity index (χ4v) is 4.34. The van der Waals surface area contributed by atoms with Crippen molar-refractivity contribution in [3.63, 3.8) is 0 Å². The van der Waals surface area contributed by atoms with E-state index in [0.717, 1.165) is 16.7 Å². The smallest absolute Gasteiger partial charge is 0.242 e. The van der Waals surface area contributed by atoms with Crippen LogP contribution in [0.15, 0.2) is 72.8 Å². The predicted octanol–water partition coefficient (Wildman–Crippen LogP) is 6.44. The summed E-state index contributed by atoms with van der Waals surface area (Å²) < 4.78 is 0. The highest BCUT2D eigenvalue weighted by molar-refractivity contribution is 6.42. The summed E-state index contributed by atoms with van der Waals surface area (Å²) in [7, 11) is 1.60. The Morgan fingerprint density at radius 1 is 0.857 bits per heavy atom. The van der Waals surface area contributed by atoms with Gasteiger partial charge in [-0.2, -0.15) is 0 Å². The zero-order valence-electron chi connectivity index (χ0n) is 20.4. The van der Waals surface area contributed by atoms with Crippen molar-refractivity contribution >= 4 is 35.0 Å². The van der Waals surface area contributed by atoms with Gasteiger partial charge in [-0.15, -0.1) is 0 Å². The number of hydrogen-bond donors (Lipinski definition) is 1. The van der Waals surface area contributed by atoms with Crippen molar-refractivity contribution in [3.05, 3.63) is 105 Å². The van der Waals surface area contributed by atoms with Crippen molar-refractivity contribution in [1.82, 2.24) is 10.2 Å². The molecule has 6 heteroatoms. The summed E-state index contributed by atoms with van der Waals surface area (Å²) in [6, 6.07) is 22.7. The van der Waals surface area contributed by atoms with Crippen LogP contribution < -0.4 is 5.32 Å². The number of halogens is 2. The molecule has 0 bridgehead atoms. The normalized spacial score (nSPS) is 11.8. The molecule has 0 aromatic heterocycles. The average molecular weight is 511 g/mol. The Morgan fingerprint density at radius 2 is 1.51 bits per heavy atom. The summed E-state index contributed by atoms with van der Waals surface area (Å²) in [5.41, 5.74) is 4.16. The van der Waals surface area contributed by atoms with Gasteiger partial charge in [-0.05, 0) is 46.7 Å². The molecule has 0 spiro atoms. The Bertz CT molecular complexity index is 1130. The van der Waals surface area contributed by atoms with Gasteiger partial charge >= 0.3 is 0 Å². The fraction of sp³-hybridized carbons (Fsp3) is 0.310. The number of rotatable bonds is 10. The van der Waals surface area contributed by atoms with E-state index < -0.39 is 6.04 Å². The number of carbonyl (C=O) groups is 2. The molecule has 0 unspecified atom stereocenters. The van der Waals surface area contributed by atoms with E-state index in [1.54, 1.807) is 24.1 Å². The first-order valence-electron chi connectivity index (χ1n) is 11.9. The molecule has 184 valence electrons. The first-order valence-corrected chi connectivity index (χ1v) is 12.6. The Hall–Kier alpha value is -2.82. The predicted molar refractivity (Wildman–Crippen MR) is 144 cm³/mol. The number of nitrogens with one attached hydrogen (secondary N) is 1. The van der Waals surface area contributed by atoms with Crippen LogP contribution in [0.4, 0.5) is 0 Å². The van der Waals surface area contributed by atoms with Gasteiger partial charge in [-0.1, -0.05) is 97.7 Å². The van der Waals surface area contributed by atoms with Crippen LogP contribution in [0, 0.1) is 0 Å². The molecule has 3 aromatic carbocycles. The summed E-state index contributed by atoms with van der Waals surface area (Å²) in [5, 5.41) is 3.60. The number of amides is 2. The highest BCUT2D eigenvalue weighted by atomic mass is 35.5. The van der Waals surface area contributed by atoms with Crippen LogP contribution in [0.2, 0.25) is 10.0 Å². The van der Waals surface area contributed by atoms with E-state index in [-0.39, 0.29) is 18.4 Å². The molecular formula is C29H32Cl2N2O2. The zero-order chi connectivity index (χ0) is 25.4. The monoisotopic (exact) mass is 510 g/mol. The topological polar surface area (TPSA) is 49.4 Å². The third-order valence-corrected chi connectivity index (χ3v) is 6.87. The average Bonchev–Trinajstić information content (AvgIpc) is 2.87. The van der Waals surface area contributed by atoms with Crippen LogP contribution >= 0.6 is 23.2 Å². The molecular weight excluding hydrogens is 479 g/mol. The van der Waals surface area contributed by atoms with Crippen LogP contribution in [0.5, 0.6) is 0 Å². The highest BCUT2D eigenvalue weighted by Gasteiger charge is 2.29. The van der Waals surface area contributed by atoms with Gasteiger partial charge in [0.15, 0.2) is 0 Å². The third-order valence-electron chi connectivity index (χ3n) is 6.13. The van der Waals surface area contributed by atoms with Gasteiger partial charge in [-0.3, -0.25) is 9.59 Å². The maximum atomic E-state index is 13.6. The summed E-state index contributed by atoms with van der Waals surface area (Å²) in [6.45, 7) is 4.57. The van der Waals surface area contributed by atoms with Crippen molar-refractivity contribution in [2.75, 3.05) is 7.05 Å². The molecule has 4 nitrogen and oxygen atoms in total. The largest absolute Gasteiger partial charge is 0.357 e. The Labute approximate surface area is 218 Å². The first-order chi connectivity index (χ1) is 16.8. The zero-order valence-corrected chi connectivity index (χ0v) is 21.9. The lowest BCUT2D eigenvalue weighted by Crippen LogP contribution is -2.49. The van der Waals surface area contributed by atoms with Gasteiger partial charge in [0.1, 0.15) is 6.04 Å². The van der Waals surface area contributed by atoms with E-state index in [1.807, 2.05) is 36.4 Å². The van der Waals surface area contributed by atoms with Gasteiger partial charge < -0.3 is 10.2 Å². The first kappa shape index (κ1) is 26.8. The minimum Gasteiger partial charge on any atom is -0.357 e. The standard InChI is InChI=1S/C29H32Cl2N2O2/c1-20(2)24-13-9-21(10-14-24)12-16-28(34)33(19-23-11-15-25(30)26(31)17-23)27(29(35)32-3)18-22-7-5-4-6-8-22/h4-11,13-15,17,20,27H,12,16,18-19H2,1-3H3,(H,32,35)/t27-/m0/s1. The third kappa shape index (κ3) is 7.58. The molecule has 0 heterocycles. The lowest BCUT2D eigenvalue weighted by atomic mass is 9.99. The summed E-state index contributed by atoms with van der Waals surface area (Å²) in [5.74, 6) is 0.163. The van der Waals surface area contributed by atoms with E-state index in [0.29, 0.717) is 35.2 Å². The summed E-state index contributed by atoms with van der Waals surface area (Å²) >= 11 is 12.3. The number of nitrogens with zero attached hydrogens (tertiary/aromatic N) is 1. The van der Waals surface area contributed by atoms with Crippen LogP contribution in [0.1, 0.15) is 48.4 Å². The molecule has 1 atom stereocenters. The Balaban J connectivity index is 1.86. The molecule has 0 aliphatic carbocycles. The SMILES string of the molecule is CNC(=O)[C@H](Cc1ccccc1)N(Cc1ccc(Cl)c(Cl)c1)C(=O)CCc1ccc(C(C)C)cc1. The number of aryl methyl sites for hydroxylation is 1. The maximum Gasteiger partial charge on any atom is 0.242 e. The van der Waals surface area contributed by atoms with E-state index >= 15 is 0 Å². The van der Waals surface area contributed by atoms with Gasteiger partial charge in [0.25, 0.3) is 0 Å². The van der Waals surface area contributed by atoms with Crippen molar-refractivity contribution in [1.29, 1.82) is 0 Å². The molecule has 2 amide bonds. The van der Waals surface area contributed by atoms with Gasteiger partial charge in [0.05, 0.1) is 10.0 Å². The van der Waals surface area contributed by atoms with Crippen molar-refractivity contribution in [2.24, 2.45) is 0 Å². The molecule has 0 aliphatic rings. The van der Waals surface area contributed by atoms with E-state index in [2.05, 4.69) is 43.4 Å². The molecule has 0 saturated heterocycles. The minimum atomic E-state index is -0.660. The van der Waals surface area contributed by atoms with Crippen LogP contribution in [-0.4, -0.2) is 29.8 Å². The van der Waals surface area contributed by atoms with E-state index in [1.165, 1.54) is 5.56 Å². The van der Waals surface area contributed by atoms with Crippen molar-refractivity contribution in [3.8, 4) is 0 Å². The van der Waals surface area contributed by atoms with Crippen LogP contribution in [0.25, 0.3) is 0 Å². The highest BCUT2D eigenvalue weighted by Crippen LogP contribution is 2.25. The van der Waals surface area contributed by atoms with Gasteiger partial charge in [0, 0.05) is 26.4 Å². The van der Waals surface area contributed by atoms with Crippen molar-refractivity contribution in [2.45, 2.75) is 51.6 Å². The molecule has 1 N–H and O–H groups in total. The lowest BCUT2D eigenvalue weighted by molar-refractivity contribution is -0.141. The molecule has 0 aliphatic heterocycles. The number of hydrogen-bond acceptors (Lipinski definition) is 2. The van der Waals surface area contributed by atoms with Crippen LogP contribution in [-0.2, 0) is 29.0 Å². The van der Waals surface area contributed by atoms with Gasteiger partial charge in [-0.25, -0.2) is 0 Å². The molecule has 0 radical (unpaired) electrons. The van der Waals surface area contributed by atoms with Crippen molar-refractivity contribution < 1.29 is 9.59 Å². The Morgan fingerprint density at radius 3 is 2.11 bits per heavy atom. The second-order valence-electron chi connectivity index (χ2n) is 8.99. The number of likely N-dealkylation sites (N-methyl/N-ethyl adjacent to an activating group) is 1. The number of benzene rings is 3. The quantitative estimate of drug-likeness (QED) is 0.341. The molecule has 0 fully saturated rings. The molecule has 3 rings (SSSR count).